The summed E-state index contributed by atoms with van der Waals surface area (Å²) in [5, 5.41) is 10.9. The van der Waals surface area contributed by atoms with E-state index in [0.29, 0.717) is 5.52 Å². The highest BCUT2D eigenvalue weighted by Gasteiger charge is 2.12. The van der Waals surface area contributed by atoms with E-state index in [-0.39, 0.29) is 11.3 Å². The smallest absolute Gasteiger partial charge is 0.252 e. The molecule has 0 aliphatic rings. The summed E-state index contributed by atoms with van der Waals surface area (Å²) in [7, 11) is 4.02. The summed E-state index contributed by atoms with van der Waals surface area (Å²) < 4.78 is 0. The van der Waals surface area contributed by atoms with Crippen LogP contribution in [0, 0.1) is 0 Å². The number of rotatable bonds is 4. The van der Waals surface area contributed by atoms with Gasteiger partial charge >= 0.3 is 0 Å². The monoisotopic (exact) mass is 321 g/mol. The number of pyridine rings is 1. The number of hydrogen-bond acceptors (Lipinski definition) is 4. The van der Waals surface area contributed by atoms with Crippen molar-refractivity contribution in [2.75, 3.05) is 19.0 Å². The predicted molar refractivity (Wildman–Crippen MR) is 95.5 cm³/mol. The number of carbonyl (C=O) groups excluding carboxylic acids is 1. The Morgan fingerprint density at radius 2 is 1.83 bits per heavy atom. The molecule has 3 N–H and O–H groups in total. The molecule has 0 aliphatic carbocycles. The van der Waals surface area contributed by atoms with Gasteiger partial charge in [-0.2, -0.15) is 0 Å². The van der Waals surface area contributed by atoms with Crippen LogP contribution in [-0.4, -0.2) is 30.1 Å². The van der Waals surface area contributed by atoms with Crippen LogP contribution in [0.5, 0.6) is 5.75 Å². The Hall–Kier alpha value is -3.08. The molecule has 1 aromatic heterocycles. The molecule has 122 valence electrons. The zero-order valence-electron chi connectivity index (χ0n) is 13.7. The number of carbonyl (C=O) groups is 1. The number of benzene rings is 2. The number of fused-ring (bicyclic) bond motifs is 1. The van der Waals surface area contributed by atoms with Crippen molar-refractivity contribution in [3.63, 3.8) is 0 Å². The molecule has 24 heavy (non-hydrogen) atoms. The molecule has 0 saturated heterocycles. The van der Waals surface area contributed by atoms with Gasteiger partial charge in [-0.15, -0.1) is 0 Å². The maximum Gasteiger partial charge on any atom is 0.252 e. The van der Waals surface area contributed by atoms with Gasteiger partial charge in [0.15, 0.2) is 5.75 Å². The Labute approximate surface area is 140 Å². The van der Waals surface area contributed by atoms with Crippen molar-refractivity contribution < 1.29 is 9.90 Å². The molecule has 0 saturated carbocycles. The predicted octanol–water partition coefficient (Wildman–Crippen LogP) is 2.70. The molecule has 5 heteroatoms. The molecule has 3 aromatic rings. The number of nitrogens with two attached hydrogens (primary N) is 1. The third-order valence-electron chi connectivity index (χ3n) is 4.01. The number of nitrogens with zero attached hydrogens (tertiary/aromatic N) is 2. The maximum atomic E-state index is 11.3. The van der Waals surface area contributed by atoms with Crippen molar-refractivity contribution in [1.82, 2.24) is 4.98 Å². The molecule has 0 fully saturated rings. The first kappa shape index (κ1) is 15.8. The van der Waals surface area contributed by atoms with Gasteiger partial charge in [-0.05, 0) is 41.8 Å². The highest BCUT2D eigenvalue weighted by Crippen LogP contribution is 2.27. The summed E-state index contributed by atoms with van der Waals surface area (Å²) in [6, 6.07) is 13.6. The molecule has 0 radical (unpaired) electrons. The Morgan fingerprint density at radius 1 is 1.12 bits per heavy atom. The van der Waals surface area contributed by atoms with Gasteiger partial charge in [-0.25, -0.2) is 0 Å². The minimum Gasteiger partial charge on any atom is -0.505 e. The van der Waals surface area contributed by atoms with E-state index in [9.17, 15) is 9.90 Å². The van der Waals surface area contributed by atoms with Gasteiger partial charge in [0.1, 0.15) is 5.52 Å². The van der Waals surface area contributed by atoms with E-state index >= 15 is 0 Å². The van der Waals surface area contributed by atoms with E-state index in [4.69, 9.17) is 5.73 Å². The SMILES string of the molecule is CN(C)c1ccc(Cc2cnc3c(O)c(C(N)=O)ccc3c2)cc1. The van der Waals surface area contributed by atoms with Crippen molar-refractivity contribution >= 4 is 22.5 Å². The summed E-state index contributed by atoms with van der Waals surface area (Å²) in [6.45, 7) is 0. The van der Waals surface area contributed by atoms with Crippen LogP contribution in [0.15, 0.2) is 48.7 Å². The van der Waals surface area contributed by atoms with Gasteiger partial charge in [0.25, 0.3) is 5.91 Å². The number of phenols is 1. The van der Waals surface area contributed by atoms with Crippen molar-refractivity contribution in [1.29, 1.82) is 0 Å². The Kier molecular flexibility index (Phi) is 4.08. The molecule has 2 aromatic carbocycles. The lowest BCUT2D eigenvalue weighted by atomic mass is 10.0. The van der Waals surface area contributed by atoms with Crippen LogP contribution in [0.3, 0.4) is 0 Å². The summed E-state index contributed by atoms with van der Waals surface area (Å²) in [6.07, 6.45) is 2.46. The van der Waals surface area contributed by atoms with E-state index in [2.05, 4.69) is 34.1 Å². The number of anilines is 1. The van der Waals surface area contributed by atoms with Gasteiger partial charge in [0, 0.05) is 31.4 Å². The first-order chi connectivity index (χ1) is 11.5. The maximum absolute atomic E-state index is 11.3. The summed E-state index contributed by atoms with van der Waals surface area (Å²) in [5.41, 5.74) is 9.08. The van der Waals surface area contributed by atoms with Crippen LogP contribution in [0.1, 0.15) is 21.5 Å². The number of amides is 1. The molecule has 0 atom stereocenters. The van der Waals surface area contributed by atoms with Crippen LogP contribution in [0.2, 0.25) is 0 Å². The van der Waals surface area contributed by atoms with Crippen LogP contribution < -0.4 is 10.6 Å². The van der Waals surface area contributed by atoms with Crippen LogP contribution in [0.4, 0.5) is 5.69 Å². The second-order valence-corrected chi connectivity index (χ2v) is 5.98. The number of aromatic hydroxyl groups is 1. The highest BCUT2D eigenvalue weighted by atomic mass is 16.3. The fraction of sp³-hybridized carbons (Fsp3) is 0.158. The Bertz CT molecular complexity index is 902. The van der Waals surface area contributed by atoms with Gasteiger partial charge in [-0.3, -0.25) is 9.78 Å². The summed E-state index contributed by atoms with van der Waals surface area (Å²) >= 11 is 0. The van der Waals surface area contributed by atoms with Crippen LogP contribution in [-0.2, 0) is 6.42 Å². The number of aromatic nitrogens is 1. The Balaban J connectivity index is 1.91. The molecule has 0 spiro atoms. The quantitative estimate of drug-likeness (QED) is 0.774. The fourth-order valence-corrected chi connectivity index (χ4v) is 2.68. The molecular weight excluding hydrogens is 302 g/mol. The molecular formula is C19H19N3O2. The van der Waals surface area contributed by atoms with Crippen LogP contribution >= 0.6 is 0 Å². The largest absolute Gasteiger partial charge is 0.505 e. The van der Waals surface area contributed by atoms with Gasteiger partial charge in [-0.1, -0.05) is 18.2 Å². The van der Waals surface area contributed by atoms with Gasteiger partial charge in [0.05, 0.1) is 5.56 Å². The van der Waals surface area contributed by atoms with E-state index < -0.39 is 5.91 Å². The standard InChI is InChI=1S/C19H19N3O2/c1-22(2)15-6-3-12(4-7-15)9-13-10-14-5-8-16(19(20)24)18(23)17(14)21-11-13/h3-8,10-11,23H,9H2,1-2H3,(H2,20,24). The second kappa shape index (κ2) is 6.20. The van der Waals surface area contributed by atoms with E-state index in [0.717, 1.165) is 23.1 Å². The van der Waals surface area contributed by atoms with Crippen molar-refractivity contribution in [3.05, 3.63) is 65.4 Å². The second-order valence-electron chi connectivity index (χ2n) is 5.98. The zero-order valence-corrected chi connectivity index (χ0v) is 13.7. The van der Waals surface area contributed by atoms with Crippen molar-refractivity contribution in [2.45, 2.75) is 6.42 Å². The molecule has 3 rings (SSSR count). The number of primary amides is 1. The number of hydrogen-bond donors (Lipinski definition) is 2. The molecule has 1 amide bonds. The first-order valence-corrected chi connectivity index (χ1v) is 7.62. The molecule has 0 bridgehead atoms. The lowest BCUT2D eigenvalue weighted by molar-refractivity contribution is 0.0998. The summed E-state index contributed by atoms with van der Waals surface area (Å²) in [4.78, 5) is 17.6. The zero-order chi connectivity index (χ0) is 17.3. The van der Waals surface area contributed by atoms with Gasteiger partial charge < -0.3 is 15.7 Å². The molecule has 5 nitrogen and oxygen atoms in total. The normalized spacial score (nSPS) is 10.8. The van der Waals surface area contributed by atoms with E-state index in [1.54, 1.807) is 12.3 Å². The lowest BCUT2D eigenvalue weighted by Gasteiger charge is -2.12. The Morgan fingerprint density at radius 3 is 2.46 bits per heavy atom. The molecule has 1 heterocycles. The van der Waals surface area contributed by atoms with E-state index in [1.807, 2.05) is 20.2 Å². The van der Waals surface area contributed by atoms with Gasteiger partial charge in [0.2, 0.25) is 0 Å². The van der Waals surface area contributed by atoms with Crippen molar-refractivity contribution in [3.8, 4) is 5.75 Å². The fourth-order valence-electron chi connectivity index (χ4n) is 2.68. The minimum absolute atomic E-state index is 0.0852. The molecule has 0 aliphatic heterocycles. The third-order valence-corrected chi connectivity index (χ3v) is 4.01. The first-order valence-electron chi connectivity index (χ1n) is 7.62. The van der Waals surface area contributed by atoms with E-state index in [1.165, 1.54) is 11.6 Å². The third kappa shape index (κ3) is 3.01. The minimum atomic E-state index is -0.666. The highest BCUT2D eigenvalue weighted by molar-refractivity contribution is 6.01. The van der Waals surface area contributed by atoms with Crippen molar-refractivity contribution in [2.24, 2.45) is 5.73 Å². The lowest BCUT2D eigenvalue weighted by Crippen LogP contribution is -2.11. The summed E-state index contributed by atoms with van der Waals surface area (Å²) in [5.74, 6) is -0.830. The molecule has 0 unspecified atom stereocenters. The average Bonchev–Trinajstić information content (AvgIpc) is 2.55. The topological polar surface area (TPSA) is 79.4 Å². The van der Waals surface area contributed by atoms with Crippen LogP contribution in [0.25, 0.3) is 10.9 Å². The average molecular weight is 321 g/mol.